The molecule has 1 heteroatoms. The van der Waals surface area contributed by atoms with Crippen molar-refractivity contribution in [1.82, 2.24) is 0 Å². The number of hydrogen-bond donors (Lipinski definition) is 0. The van der Waals surface area contributed by atoms with E-state index in [9.17, 15) is 0 Å². The van der Waals surface area contributed by atoms with E-state index in [0.717, 1.165) is 0 Å². The van der Waals surface area contributed by atoms with Crippen LogP contribution in [0.4, 0.5) is 0 Å². The normalized spacial score (nSPS) is 13.7. The molecule has 0 bridgehead atoms. The molecule has 0 N–H and O–H groups in total. The first-order valence-electron chi connectivity index (χ1n) is 12.7. The van der Waals surface area contributed by atoms with Crippen molar-refractivity contribution in [2.24, 2.45) is 0 Å². The number of rotatable bonds is 3. The fraction of sp³-hybridized carbons (Fsp3) is 0.0571. The molecule has 0 fully saturated rings. The molecular weight excluding hydrogens is 448 g/mol. The maximum absolute atomic E-state index is 2.41. The Morgan fingerprint density at radius 1 is 0.528 bits per heavy atom. The van der Waals surface area contributed by atoms with Gasteiger partial charge < -0.3 is 0 Å². The lowest BCUT2D eigenvalue weighted by atomic mass is 9.85. The van der Waals surface area contributed by atoms with Crippen molar-refractivity contribution in [1.29, 1.82) is 0 Å². The molecule has 170 valence electrons. The van der Waals surface area contributed by atoms with Gasteiger partial charge in [0.25, 0.3) is 0 Å². The lowest BCUT2D eigenvalue weighted by Crippen LogP contribution is -2.37. The second-order valence-electron chi connectivity index (χ2n) is 9.73. The van der Waals surface area contributed by atoms with Crippen LogP contribution in [-0.4, -0.2) is 8.41 Å². The smallest absolute Gasteiger partial charge is 0.0623 e. The van der Waals surface area contributed by atoms with E-state index in [0.29, 0.717) is 0 Å². The first kappa shape index (κ1) is 21.2. The summed E-state index contributed by atoms with van der Waals surface area (Å²) in [6.45, 7) is 2.31. The molecule has 0 aromatic heterocycles. The van der Waals surface area contributed by atoms with Crippen molar-refractivity contribution < 1.29 is 0 Å². The van der Waals surface area contributed by atoms with Crippen molar-refractivity contribution in [3.05, 3.63) is 160 Å². The molecule has 0 unspecified atom stereocenters. The first-order chi connectivity index (χ1) is 17.8. The molecule has 0 amide bonds. The molecule has 5 aromatic carbocycles. The summed E-state index contributed by atoms with van der Waals surface area (Å²) < 4.78 is 0. The highest BCUT2D eigenvalue weighted by atomic mass is 28.2. The van der Waals surface area contributed by atoms with Crippen LogP contribution in [0.3, 0.4) is 0 Å². The lowest BCUT2D eigenvalue weighted by molar-refractivity contribution is 1.08. The van der Waals surface area contributed by atoms with Gasteiger partial charge in [0, 0.05) is 5.92 Å². The molecule has 0 aliphatic heterocycles. The molecular formula is C35H26Si. The van der Waals surface area contributed by atoms with Crippen molar-refractivity contribution in [2.45, 2.75) is 12.8 Å². The maximum atomic E-state index is 2.41. The van der Waals surface area contributed by atoms with Gasteiger partial charge in [0.1, 0.15) is 0 Å². The summed E-state index contributed by atoms with van der Waals surface area (Å²) in [6, 6.07) is 47.2. The summed E-state index contributed by atoms with van der Waals surface area (Å²) in [6.07, 6.45) is 2.41. The summed E-state index contributed by atoms with van der Waals surface area (Å²) in [5.74, 6) is 0.255. The van der Waals surface area contributed by atoms with Crippen molar-refractivity contribution >= 4 is 30.4 Å². The van der Waals surface area contributed by atoms with E-state index in [4.69, 9.17) is 0 Å². The zero-order chi connectivity index (χ0) is 24.1. The van der Waals surface area contributed by atoms with Crippen LogP contribution in [0.5, 0.6) is 0 Å². The molecule has 0 spiro atoms. The van der Waals surface area contributed by atoms with E-state index in [1.54, 1.807) is 0 Å². The van der Waals surface area contributed by atoms with Gasteiger partial charge >= 0.3 is 0 Å². The Morgan fingerprint density at radius 3 is 1.64 bits per heavy atom. The third-order valence-electron chi connectivity index (χ3n) is 7.68. The van der Waals surface area contributed by atoms with E-state index in [1.807, 2.05) is 0 Å². The summed E-state index contributed by atoms with van der Waals surface area (Å²) in [7, 11) is -1.19. The van der Waals surface area contributed by atoms with Gasteiger partial charge in [-0.1, -0.05) is 133 Å². The molecule has 0 heterocycles. The Balaban J connectivity index is 1.65. The van der Waals surface area contributed by atoms with Gasteiger partial charge in [-0.25, -0.2) is 0 Å². The van der Waals surface area contributed by atoms with E-state index in [-0.39, 0.29) is 5.92 Å². The number of hydrogen-bond acceptors (Lipinski definition) is 0. The quantitative estimate of drug-likeness (QED) is 0.273. The van der Waals surface area contributed by atoms with Crippen LogP contribution in [0, 0.1) is 4.81 Å². The highest BCUT2D eigenvalue weighted by molar-refractivity contribution is 6.78. The van der Waals surface area contributed by atoms with Gasteiger partial charge in [-0.3, -0.25) is 0 Å². The van der Waals surface area contributed by atoms with Crippen LogP contribution >= 0.6 is 0 Å². The van der Waals surface area contributed by atoms with Crippen molar-refractivity contribution in [3.63, 3.8) is 0 Å². The van der Waals surface area contributed by atoms with Crippen LogP contribution in [-0.2, 0) is 0 Å². The topological polar surface area (TPSA) is 0 Å². The second-order valence-corrected chi connectivity index (χ2v) is 12.2. The van der Waals surface area contributed by atoms with Gasteiger partial charge in [0.2, 0.25) is 0 Å². The minimum Gasteiger partial charge on any atom is -0.0623 e. The molecule has 2 aliphatic carbocycles. The third kappa shape index (κ3) is 3.24. The Labute approximate surface area is 213 Å². The van der Waals surface area contributed by atoms with E-state index in [2.05, 4.69) is 140 Å². The van der Waals surface area contributed by atoms with Crippen LogP contribution in [0.25, 0.3) is 22.8 Å². The van der Waals surface area contributed by atoms with Crippen molar-refractivity contribution in [2.75, 3.05) is 0 Å². The molecule has 5 aromatic rings. The number of allylic oxidation sites excluding steroid dienone is 1. The summed E-state index contributed by atoms with van der Waals surface area (Å²) in [5, 5.41) is 4.31. The highest BCUT2D eigenvalue weighted by Crippen LogP contribution is 2.50. The van der Waals surface area contributed by atoms with Crippen molar-refractivity contribution in [3.8, 4) is 11.1 Å². The lowest BCUT2D eigenvalue weighted by Gasteiger charge is -2.18. The molecule has 0 saturated carbocycles. The summed E-state index contributed by atoms with van der Waals surface area (Å²) in [4.78, 5) is 1.49. The predicted molar refractivity (Wildman–Crippen MR) is 154 cm³/mol. The Hall–Kier alpha value is -4.07. The van der Waals surface area contributed by atoms with Gasteiger partial charge in [-0.05, 0) is 66.3 Å². The van der Waals surface area contributed by atoms with Crippen LogP contribution in [0.15, 0.2) is 133 Å². The Morgan fingerprint density at radius 2 is 1.06 bits per heavy atom. The molecule has 0 nitrogen and oxygen atoms in total. The van der Waals surface area contributed by atoms with Crippen LogP contribution in [0.2, 0.25) is 0 Å². The fourth-order valence-electron chi connectivity index (χ4n) is 6.23. The van der Waals surface area contributed by atoms with Gasteiger partial charge in [0.05, 0.1) is 8.41 Å². The summed E-state index contributed by atoms with van der Waals surface area (Å²) in [5.41, 5.74) is 9.83. The average molecular weight is 475 g/mol. The highest BCUT2D eigenvalue weighted by Gasteiger charge is 2.33. The fourth-order valence-corrected chi connectivity index (χ4v) is 9.03. The molecule has 36 heavy (non-hydrogen) atoms. The predicted octanol–water partition coefficient (Wildman–Crippen LogP) is 6.21. The van der Waals surface area contributed by atoms with E-state index >= 15 is 0 Å². The number of fused-ring (bicyclic) bond motifs is 4. The second kappa shape index (κ2) is 8.55. The maximum Gasteiger partial charge on any atom is 0.0884 e. The molecule has 7 rings (SSSR count). The SMILES string of the molecule is CC1=Cc2cccc(=[Si](c3ccccc3)c3ccccc3)c2=C1C1c2ccccc2-c2ccccc21. The minimum absolute atomic E-state index is 0.255. The monoisotopic (exact) mass is 474 g/mol. The largest absolute Gasteiger partial charge is 0.0884 e. The van der Waals surface area contributed by atoms with Gasteiger partial charge in [0.15, 0.2) is 0 Å². The zero-order valence-corrected chi connectivity index (χ0v) is 21.3. The third-order valence-corrected chi connectivity index (χ3v) is 10.5. The number of benzene rings is 5. The van der Waals surface area contributed by atoms with E-state index in [1.165, 1.54) is 59.4 Å². The minimum atomic E-state index is -1.19. The Kier molecular flexibility index (Phi) is 5.04. The Bertz CT molecular complexity index is 1690. The summed E-state index contributed by atoms with van der Waals surface area (Å²) >= 11 is 0. The molecule has 0 saturated heterocycles. The standard InChI is InChI=1S/C35H26Si/c1-24-23-25-13-12-22-32(36(26-14-4-2-5-15-26)27-16-6-3-7-17-27)34(25)33(24)35-30-20-10-8-18-28(30)29-19-9-11-21-31(29)35/h2-23,35H,1H3. The van der Waals surface area contributed by atoms with Crippen LogP contribution < -0.4 is 15.6 Å². The van der Waals surface area contributed by atoms with Gasteiger partial charge in [-0.15, -0.1) is 0 Å². The average Bonchev–Trinajstić information content (AvgIpc) is 3.44. The van der Waals surface area contributed by atoms with Gasteiger partial charge in [-0.2, -0.15) is 0 Å². The molecule has 0 atom stereocenters. The van der Waals surface area contributed by atoms with Crippen LogP contribution in [0.1, 0.15) is 29.5 Å². The first-order valence-corrected chi connectivity index (χ1v) is 14.2. The molecule has 0 radical (unpaired) electrons. The molecule has 2 aliphatic rings. The van der Waals surface area contributed by atoms with E-state index < -0.39 is 8.41 Å². The zero-order valence-electron chi connectivity index (χ0n) is 20.3.